The third kappa shape index (κ3) is 4.11. The number of benzene rings is 2. The van der Waals surface area contributed by atoms with Gasteiger partial charge in [0.2, 0.25) is 0 Å². The number of ketones is 1. The normalized spacial score (nSPS) is 11.5. The van der Waals surface area contributed by atoms with E-state index >= 15 is 0 Å². The number of sulfonamides is 1. The van der Waals surface area contributed by atoms with Crippen molar-refractivity contribution in [3.05, 3.63) is 58.5 Å². The molecule has 0 radical (unpaired) electrons. The molecule has 0 bridgehead atoms. The van der Waals surface area contributed by atoms with Gasteiger partial charge in [-0.1, -0.05) is 0 Å². The Labute approximate surface area is 179 Å². The van der Waals surface area contributed by atoms with Crippen LogP contribution < -0.4 is 9.99 Å². The second-order valence-electron chi connectivity index (χ2n) is 6.97. The molecule has 9 nitrogen and oxygen atoms in total. The molecule has 0 atom stereocenters. The van der Waals surface area contributed by atoms with Gasteiger partial charge in [0.15, 0.2) is 5.78 Å². The van der Waals surface area contributed by atoms with Crippen LogP contribution in [0.3, 0.4) is 0 Å². The Morgan fingerprint density at radius 2 is 1.61 bits per heavy atom. The van der Waals surface area contributed by atoms with Crippen molar-refractivity contribution in [2.75, 3.05) is 17.5 Å². The molecule has 0 spiro atoms. The van der Waals surface area contributed by atoms with Crippen LogP contribution in [0.5, 0.6) is 0 Å². The molecular weight excluding hydrogens is 422 g/mol. The van der Waals surface area contributed by atoms with Gasteiger partial charge in [0.25, 0.3) is 10.0 Å². The first-order chi connectivity index (χ1) is 14.6. The van der Waals surface area contributed by atoms with Crippen LogP contribution in [0.2, 0.25) is 0 Å². The summed E-state index contributed by atoms with van der Waals surface area (Å²) in [5, 5.41) is 0. The van der Waals surface area contributed by atoms with Crippen molar-refractivity contribution in [2.24, 2.45) is 14.1 Å². The Morgan fingerprint density at radius 3 is 2.19 bits per heavy atom. The topological polar surface area (TPSA) is 108 Å². The number of hydrogen-bond donors (Lipinski definition) is 0. The molecule has 0 aliphatic rings. The maximum Gasteiger partial charge on any atom is 0.328 e. The minimum Gasteiger partial charge on any atom is -0.465 e. The Bertz CT molecular complexity index is 1320. The number of carbonyl (C=O) groups excluding carboxylic acids is 2. The van der Waals surface area contributed by atoms with Crippen LogP contribution in [0.1, 0.15) is 24.2 Å². The van der Waals surface area contributed by atoms with Gasteiger partial charge in [-0.3, -0.25) is 23.0 Å². The molecule has 3 aromatic rings. The van der Waals surface area contributed by atoms with E-state index in [9.17, 15) is 22.8 Å². The first-order valence-corrected chi connectivity index (χ1v) is 11.0. The molecule has 31 heavy (non-hydrogen) atoms. The number of imidazole rings is 1. The second kappa shape index (κ2) is 8.38. The molecule has 1 heterocycles. The van der Waals surface area contributed by atoms with Gasteiger partial charge in [-0.25, -0.2) is 13.2 Å². The number of aromatic nitrogens is 2. The molecule has 0 N–H and O–H groups in total. The number of fused-ring (bicyclic) bond motifs is 1. The Kier molecular flexibility index (Phi) is 6.03. The van der Waals surface area contributed by atoms with Gasteiger partial charge in [0.1, 0.15) is 6.54 Å². The highest BCUT2D eigenvalue weighted by molar-refractivity contribution is 7.92. The monoisotopic (exact) mass is 445 g/mol. The first-order valence-electron chi connectivity index (χ1n) is 9.52. The molecule has 0 amide bonds. The average molecular weight is 445 g/mol. The summed E-state index contributed by atoms with van der Waals surface area (Å²) in [6.07, 6.45) is 0. The summed E-state index contributed by atoms with van der Waals surface area (Å²) in [7, 11) is -1.04. The number of anilines is 1. The third-order valence-electron chi connectivity index (χ3n) is 4.97. The van der Waals surface area contributed by atoms with Crippen LogP contribution in [0, 0.1) is 0 Å². The number of esters is 1. The maximum atomic E-state index is 13.5. The van der Waals surface area contributed by atoms with E-state index in [0.29, 0.717) is 16.6 Å². The second-order valence-corrected chi connectivity index (χ2v) is 8.83. The quantitative estimate of drug-likeness (QED) is 0.406. The molecule has 2 aromatic carbocycles. The van der Waals surface area contributed by atoms with E-state index in [4.69, 9.17) is 4.74 Å². The molecule has 0 aliphatic heterocycles. The highest BCUT2D eigenvalue weighted by Gasteiger charge is 2.28. The van der Waals surface area contributed by atoms with Crippen molar-refractivity contribution >= 4 is 38.5 Å². The van der Waals surface area contributed by atoms with E-state index in [0.717, 1.165) is 4.31 Å². The van der Waals surface area contributed by atoms with E-state index in [1.54, 1.807) is 27.1 Å². The number of hydrogen-bond acceptors (Lipinski definition) is 6. The van der Waals surface area contributed by atoms with Gasteiger partial charge in [0, 0.05) is 19.7 Å². The predicted octanol–water partition coefficient (Wildman–Crippen LogP) is 1.84. The summed E-state index contributed by atoms with van der Waals surface area (Å²) in [5.41, 5.74) is 1.36. The average Bonchev–Trinajstić information content (AvgIpc) is 2.96. The molecule has 0 saturated heterocycles. The van der Waals surface area contributed by atoms with Crippen molar-refractivity contribution in [1.29, 1.82) is 0 Å². The molecule has 1 aromatic heterocycles. The lowest BCUT2D eigenvalue weighted by atomic mass is 10.1. The SMILES string of the molecule is CCOC(=O)CN(c1ccc(C(C)=O)cc1)S(=O)(=O)c1ccc2c(c1)n(C)c(=O)n2C. The van der Waals surface area contributed by atoms with Crippen LogP contribution in [0.4, 0.5) is 5.69 Å². The fourth-order valence-corrected chi connectivity index (χ4v) is 4.71. The minimum absolute atomic E-state index is 0.0823. The summed E-state index contributed by atoms with van der Waals surface area (Å²) < 4.78 is 35.6. The van der Waals surface area contributed by atoms with E-state index < -0.39 is 22.5 Å². The summed E-state index contributed by atoms with van der Waals surface area (Å²) in [6, 6.07) is 10.2. The number of carbonyl (C=O) groups is 2. The zero-order valence-corrected chi connectivity index (χ0v) is 18.5. The third-order valence-corrected chi connectivity index (χ3v) is 6.74. The van der Waals surface area contributed by atoms with Crippen molar-refractivity contribution in [3.8, 4) is 0 Å². The van der Waals surface area contributed by atoms with Crippen LogP contribution in [0.25, 0.3) is 11.0 Å². The van der Waals surface area contributed by atoms with Gasteiger partial charge in [0.05, 0.1) is 28.2 Å². The van der Waals surface area contributed by atoms with Crippen molar-refractivity contribution in [1.82, 2.24) is 9.13 Å². The molecule has 0 saturated carbocycles. The fraction of sp³-hybridized carbons (Fsp3) is 0.286. The highest BCUT2D eigenvalue weighted by Crippen LogP contribution is 2.26. The summed E-state index contributed by atoms with van der Waals surface area (Å²) in [6.45, 7) is 2.60. The summed E-state index contributed by atoms with van der Waals surface area (Å²) >= 11 is 0. The van der Waals surface area contributed by atoms with E-state index in [2.05, 4.69) is 0 Å². The summed E-state index contributed by atoms with van der Waals surface area (Å²) in [5.74, 6) is -0.878. The van der Waals surface area contributed by atoms with Crippen LogP contribution in [-0.4, -0.2) is 42.5 Å². The summed E-state index contributed by atoms with van der Waals surface area (Å²) in [4.78, 5) is 35.8. The van der Waals surface area contributed by atoms with Crippen LogP contribution in [0.15, 0.2) is 52.2 Å². The lowest BCUT2D eigenvalue weighted by Crippen LogP contribution is -2.36. The Hall–Kier alpha value is -3.40. The van der Waals surface area contributed by atoms with Crippen LogP contribution >= 0.6 is 0 Å². The maximum absolute atomic E-state index is 13.5. The van der Waals surface area contributed by atoms with Crippen molar-refractivity contribution in [3.63, 3.8) is 0 Å². The molecular formula is C21H23N3O6S. The number of aryl methyl sites for hydroxylation is 2. The van der Waals surface area contributed by atoms with Gasteiger partial charge < -0.3 is 4.74 Å². The number of rotatable bonds is 7. The fourth-order valence-electron chi connectivity index (χ4n) is 3.28. The number of Topliss-reactive ketones (excluding diaryl/α,β-unsaturated/α-hetero) is 1. The zero-order chi connectivity index (χ0) is 22.9. The molecule has 10 heteroatoms. The molecule has 0 fully saturated rings. The standard InChI is InChI=1S/C21H23N3O6S/c1-5-30-20(26)13-24(16-8-6-15(7-9-16)14(2)25)31(28,29)17-10-11-18-19(12-17)23(4)21(27)22(18)3/h6-12H,5,13H2,1-4H3. The molecule has 0 unspecified atom stereocenters. The number of ether oxygens (including phenoxy) is 1. The molecule has 3 rings (SSSR count). The highest BCUT2D eigenvalue weighted by atomic mass is 32.2. The smallest absolute Gasteiger partial charge is 0.328 e. The lowest BCUT2D eigenvalue weighted by Gasteiger charge is -2.24. The zero-order valence-electron chi connectivity index (χ0n) is 17.7. The van der Waals surface area contributed by atoms with Crippen molar-refractivity contribution < 1.29 is 22.7 Å². The van der Waals surface area contributed by atoms with Gasteiger partial charge in [-0.15, -0.1) is 0 Å². The Balaban J connectivity index is 2.13. The largest absolute Gasteiger partial charge is 0.465 e. The number of nitrogens with zero attached hydrogens (tertiary/aromatic N) is 3. The van der Waals surface area contributed by atoms with E-state index in [-0.39, 0.29) is 28.7 Å². The predicted molar refractivity (Wildman–Crippen MR) is 116 cm³/mol. The van der Waals surface area contributed by atoms with E-state index in [1.165, 1.54) is 52.5 Å². The van der Waals surface area contributed by atoms with Gasteiger partial charge in [-0.2, -0.15) is 0 Å². The minimum atomic E-state index is -4.19. The van der Waals surface area contributed by atoms with Gasteiger partial charge >= 0.3 is 11.7 Å². The van der Waals surface area contributed by atoms with Crippen molar-refractivity contribution in [2.45, 2.75) is 18.7 Å². The molecule has 164 valence electrons. The first kappa shape index (κ1) is 22.3. The molecule has 0 aliphatic carbocycles. The lowest BCUT2D eigenvalue weighted by molar-refractivity contribution is -0.141. The van der Waals surface area contributed by atoms with Gasteiger partial charge in [-0.05, 0) is 56.3 Å². The Morgan fingerprint density at radius 1 is 1.00 bits per heavy atom. The van der Waals surface area contributed by atoms with Crippen LogP contribution in [-0.2, 0) is 33.7 Å². The van der Waals surface area contributed by atoms with E-state index in [1.807, 2.05) is 0 Å².